The number of unbranched alkanes of at least 4 members (excludes halogenated alkanes) is 3. The Labute approximate surface area is 108 Å². The quantitative estimate of drug-likeness (QED) is 0.660. The van der Waals surface area contributed by atoms with Crippen LogP contribution in [-0.4, -0.2) is 30.6 Å². The predicted octanol–water partition coefficient (Wildman–Crippen LogP) is 3.26. The minimum Gasteiger partial charge on any atom is -0.329 e. The van der Waals surface area contributed by atoms with Crippen molar-refractivity contribution in [2.24, 2.45) is 17.6 Å². The lowest BCUT2D eigenvalue weighted by Crippen LogP contribution is -2.39. The molecular formula is C15H32N2. The van der Waals surface area contributed by atoms with Crippen molar-refractivity contribution in [1.82, 2.24) is 4.90 Å². The third-order valence-electron chi connectivity index (χ3n) is 4.38. The Morgan fingerprint density at radius 3 is 2.53 bits per heavy atom. The predicted molar refractivity (Wildman–Crippen MR) is 76.1 cm³/mol. The molecule has 1 aliphatic heterocycles. The highest BCUT2D eigenvalue weighted by atomic mass is 15.2. The first kappa shape index (κ1) is 15.0. The summed E-state index contributed by atoms with van der Waals surface area (Å²) >= 11 is 0. The molecule has 1 aliphatic rings. The van der Waals surface area contributed by atoms with Crippen LogP contribution >= 0.6 is 0 Å². The monoisotopic (exact) mass is 240 g/mol. The molecule has 2 atom stereocenters. The molecule has 0 bridgehead atoms. The highest BCUT2D eigenvalue weighted by Crippen LogP contribution is 2.26. The van der Waals surface area contributed by atoms with Crippen LogP contribution in [0.25, 0.3) is 0 Å². The van der Waals surface area contributed by atoms with Crippen molar-refractivity contribution in [1.29, 1.82) is 0 Å². The number of nitrogens with zero attached hydrogens (tertiary/aromatic N) is 1. The molecule has 1 heterocycles. The summed E-state index contributed by atoms with van der Waals surface area (Å²) in [6.07, 6.45) is 8.13. The van der Waals surface area contributed by atoms with Crippen molar-refractivity contribution < 1.29 is 0 Å². The van der Waals surface area contributed by atoms with Crippen LogP contribution in [0.15, 0.2) is 0 Å². The molecule has 0 aromatic rings. The van der Waals surface area contributed by atoms with E-state index in [0.717, 1.165) is 18.4 Å². The molecule has 0 aliphatic carbocycles. The van der Waals surface area contributed by atoms with E-state index in [1.165, 1.54) is 51.6 Å². The van der Waals surface area contributed by atoms with Gasteiger partial charge in [-0.3, -0.25) is 4.90 Å². The average Bonchev–Trinajstić information content (AvgIpc) is 2.79. The molecule has 0 aromatic carbocycles. The Morgan fingerprint density at radius 1 is 1.24 bits per heavy atom. The van der Waals surface area contributed by atoms with Gasteiger partial charge in [0.15, 0.2) is 0 Å². The van der Waals surface area contributed by atoms with E-state index in [-0.39, 0.29) is 0 Å². The van der Waals surface area contributed by atoms with Crippen LogP contribution in [0.2, 0.25) is 0 Å². The summed E-state index contributed by atoms with van der Waals surface area (Å²) in [6.45, 7) is 10.4. The van der Waals surface area contributed by atoms with Crippen LogP contribution in [0.1, 0.15) is 59.3 Å². The Bertz CT molecular complexity index is 191. The molecular weight excluding hydrogens is 208 g/mol. The van der Waals surface area contributed by atoms with Gasteiger partial charge >= 0.3 is 0 Å². The van der Waals surface area contributed by atoms with Gasteiger partial charge in [-0.05, 0) is 31.2 Å². The lowest BCUT2D eigenvalue weighted by molar-refractivity contribution is 0.215. The zero-order chi connectivity index (χ0) is 12.7. The van der Waals surface area contributed by atoms with Gasteiger partial charge in [-0.1, -0.05) is 46.5 Å². The van der Waals surface area contributed by atoms with Gasteiger partial charge in [0.05, 0.1) is 0 Å². The number of hydrogen-bond acceptors (Lipinski definition) is 2. The maximum absolute atomic E-state index is 5.95. The molecule has 0 aromatic heterocycles. The standard InChI is InChI=1S/C15H32N2/c1-4-5-6-7-8-15(11-16)17-10-9-14(12-17)13(2)3/h13-15H,4-12,16H2,1-3H3. The second kappa shape index (κ2) is 8.10. The number of nitrogens with two attached hydrogens (primary N) is 1. The van der Waals surface area contributed by atoms with E-state index in [1.54, 1.807) is 0 Å². The Balaban J connectivity index is 2.26. The molecule has 0 spiro atoms. The second-order valence-corrected chi connectivity index (χ2v) is 6.03. The minimum atomic E-state index is 0.649. The molecule has 2 heteroatoms. The molecule has 102 valence electrons. The summed E-state index contributed by atoms with van der Waals surface area (Å²) in [4.78, 5) is 2.65. The van der Waals surface area contributed by atoms with Gasteiger partial charge in [0.25, 0.3) is 0 Å². The molecule has 2 unspecified atom stereocenters. The highest BCUT2D eigenvalue weighted by molar-refractivity contribution is 4.83. The largest absolute Gasteiger partial charge is 0.329 e. The van der Waals surface area contributed by atoms with E-state index in [2.05, 4.69) is 25.7 Å². The lowest BCUT2D eigenvalue weighted by Gasteiger charge is -2.27. The van der Waals surface area contributed by atoms with Gasteiger partial charge in [0, 0.05) is 19.1 Å². The highest BCUT2D eigenvalue weighted by Gasteiger charge is 2.28. The maximum atomic E-state index is 5.95. The third kappa shape index (κ3) is 4.97. The Kier molecular flexibility index (Phi) is 7.14. The van der Waals surface area contributed by atoms with Gasteiger partial charge in [-0.25, -0.2) is 0 Å². The molecule has 1 rings (SSSR count). The van der Waals surface area contributed by atoms with E-state index in [1.807, 2.05) is 0 Å². The molecule has 2 N–H and O–H groups in total. The van der Waals surface area contributed by atoms with Crippen LogP contribution in [-0.2, 0) is 0 Å². The van der Waals surface area contributed by atoms with Crippen LogP contribution in [0.3, 0.4) is 0 Å². The van der Waals surface area contributed by atoms with E-state index in [0.29, 0.717) is 6.04 Å². The van der Waals surface area contributed by atoms with Crippen molar-refractivity contribution in [3.63, 3.8) is 0 Å². The SMILES string of the molecule is CCCCCCC(CN)N1CCC(C(C)C)C1. The van der Waals surface area contributed by atoms with Gasteiger partial charge < -0.3 is 5.73 Å². The summed E-state index contributed by atoms with van der Waals surface area (Å²) in [7, 11) is 0. The van der Waals surface area contributed by atoms with Crippen molar-refractivity contribution in [2.45, 2.75) is 65.3 Å². The van der Waals surface area contributed by atoms with Crippen molar-refractivity contribution in [3.8, 4) is 0 Å². The molecule has 1 saturated heterocycles. The topological polar surface area (TPSA) is 29.3 Å². The first-order valence-electron chi connectivity index (χ1n) is 7.63. The molecule has 1 fully saturated rings. The van der Waals surface area contributed by atoms with Gasteiger partial charge in [0.1, 0.15) is 0 Å². The zero-order valence-electron chi connectivity index (χ0n) is 12.1. The molecule has 0 radical (unpaired) electrons. The average molecular weight is 240 g/mol. The van der Waals surface area contributed by atoms with Crippen molar-refractivity contribution >= 4 is 0 Å². The summed E-state index contributed by atoms with van der Waals surface area (Å²) < 4.78 is 0. The molecule has 0 saturated carbocycles. The smallest absolute Gasteiger partial charge is 0.0218 e. The van der Waals surface area contributed by atoms with Crippen LogP contribution in [0.5, 0.6) is 0 Å². The molecule has 0 amide bonds. The summed E-state index contributed by atoms with van der Waals surface area (Å²) in [5.74, 6) is 1.73. The maximum Gasteiger partial charge on any atom is 0.0218 e. The number of rotatable bonds is 8. The fraction of sp³-hybridized carbons (Fsp3) is 1.00. The Morgan fingerprint density at radius 2 is 2.00 bits per heavy atom. The second-order valence-electron chi connectivity index (χ2n) is 6.03. The van der Waals surface area contributed by atoms with E-state index in [4.69, 9.17) is 5.73 Å². The van der Waals surface area contributed by atoms with E-state index >= 15 is 0 Å². The van der Waals surface area contributed by atoms with Crippen molar-refractivity contribution in [2.75, 3.05) is 19.6 Å². The fourth-order valence-corrected chi connectivity index (χ4v) is 2.95. The molecule has 2 nitrogen and oxygen atoms in total. The van der Waals surface area contributed by atoms with Crippen LogP contribution < -0.4 is 5.73 Å². The number of likely N-dealkylation sites (tertiary alicyclic amines) is 1. The third-order valence-corrected chi connectivity index (χ3v) is 4.38. The van der Waals surface area contributed by atoms with Gasteiger partial charge in [-0.15, -0.1) is 0 Å². The molecule has 17 heavy (non-hydrogen) atoms. The summed E-state index contributed by atoms with van der Waals surface area (Å²) in [5.41, 5.74) is 5.95. The fourth-order valence-electron chi connectivity index (χ4n) is 2.95. The summed E-state index contributed by atoms with van der Waals surface area (Å²) in [6, 6.07) is 0.649. The first-order chi connectivity index (χ1) is 8.19. The zero-order valence-corrected chi connectivity index (χ0v) is 12.1. The van der Waals surface area contributed by atoms with Crippen molar-refractivity contribution in [3.05, 3.63) is 0 Å². The van der Waals surface area contributed by atoms with Gasteiger partial charge in [-0.2, -0.15) is 0 Å². The minimum absolute atomic E-state index is 0.649. The number of hydrogen-bond donors (Lipinski definition) is 1. The van der Waals surface area contributed by atoms with Crippen LogP contribution in [0, 0.1) is 11.8 Å². The van der Waals surface area contributed by atoms with Crippen LogP contribution in [0.4, 0.5) is 0 Å². The lowest BCUT2D eigenvalue weighted by atomic mass is 9.95. The van der Waals surface area contributed by atoms with E-state index < -0.39 is 0 Å². The van der Waals surface area contributed by atoms with Gasteiger partial charge in [0.2, 0.25) is 0 Å². The normalized spacial score (nSPS) is 23.5. The van der Waals surface area contributed by atoms with E-state index in [9.17, 15) is 0 Å². The Hall–Kier alpha value is -0.0800. The summed E-state index contributed by atoms with van der Waals surface area (Å²) in [5, 5.41) is 0. The first-order valence-corrected chi connectivity index (χ1v) is 7.63.